The minimum absolute atomic E-state index is 0.0194. The summed E-state index contributed by atoms with van der Waals surface area (Å²) < 4.78 is 15.6. The van der Waals surface area contributed by atoms with Crippen molar-refractivity contribution in [3.63, 3.8) is 0 Å². The molecule has 2 unspecified atom stereocenters. The van der Waals surface area contributed by atoms with E-state index < -0.39 is 0 Å². The van der Waals surface area contributed by atoms with Crippen molar-refractivity contribution in [2.24, 2.45) is 0 Å². The molecule has 0 bridgehead atoms. The van der Waals surface area contributed by atoms with Crippen molar-refractivity contribution in [3.05, 3.63) is 0 Å². The van der Waals surface area contributed by atoms with Gasteiger partial charge in [0, 0.05) is 6.61 Å². The van der Waals surface area contributed by atoms with E-state index in [9.17, 15) is 0 Å². The Morgan fingerprint density at radius 1 is 1.62 bits per heavy atom. The number of ether oxygens (including phenoxy) is 3. The van der Waals surface area contributed by atoms with Crippen LogP contribution in [0.2, 0.25) is 0 Å². The number of aliphatic hydroxyl groups is 1. The zero-order chi connectivity index (χ0) is 9.52. The highest BCUT2D eigenvalue weighted by atomic mass is 16.6. The molecule has 13 heavy (non-hydrogen) atoms. The van der Waals surface area contributed by atoms with Gasteiger partial charge in [-0.3, -0.25) is 0 Å². The molecule has 0 saturated carbocycles. The van der Waals surface area contributed by atoms with E-state index in [2.05, 4.69) is 0 Å². The van der Waals surface area contributed by atoms with Gasteiger partial charge in [-0.1, -0.05) is 6.92 Å². The van der Waals surface area contributed by atoms with Gasteiger partial charge in [0.1, 0.15) is 12.2 Å². The Morgan fingerprint density at radius 3 is 2.92 bits per heavy atom. The standard InChI is InChI=1S/C9H18O4/c1-2-3-12-8(4-10)5-11-6-9-7-13-9/h8-10H,2-7H2,1H3. The molecule has 0 aromatic carbocycles. The van der Waals surface area contributed by atoms with Crippen LogP contribution in [-0.2, 0) is 14.2 Å². The summed E-state index contributed by atoms with van der Waals surface area (Å²) in [5.41, 5.74) is 0. The van der Waals surface area contributed by atoms with Crippen molar-refractivity contribution in [1.29, 1.82) is 0 Å². The molecule has 1 rings (SSSR count). The van der Waals surface area contributed by atoms with E-state index in [0.717, 1.165) is 13.0 Å². The first-order valence-corrected chi connectivity index (χ1v) is 4.78. The third-order valence-corrected chi connectivity index (χ3v) is 1.77. The van der Waals surface area contributed by atoms with Gasteiger partial charge in [0.25, 0.3) is 0 Å². The molecule has 1 aliphatic rings. The lowest BCUT2D eigenvalue weighted by Crippen LogP contribution is -2.25. The van der Waals surface area contributed by atoms with Crippen LogP contribution in [-0.4, -0.2) is 50.3 Å². The minimum atomic E-state index is -0.182. The van der Waals surface area contributed by atoms with Crippen LogP contribution in [0, 0.1) is 0 Å². The summed E-state index contributed by atoms with van der Waals surface area (Å²) in [7, 11) is 0. The molecule has 1 fully saturated rings. The number of rotatable bonds is 8. The lowest BCUT2D eigenvalue weighted by molar-refractivity contribution is -0.0441. The Kier molecular flexibility index (Phi) is 5.31. The number of hydrogen-bond acceptors (Lipinski definition) is 4. The SMILES string of the molecule is CCCOC(CO)COCC1CO1. The summed E-state index contributed by atoms with van der Waals surface area (Å²) in [6.45, 7) is 4.61. The molecule has 1 aliphatic heterocycles. The van der Waals surface area contributed by atoms with Crippen molar-refractivity contribution < 1.29 is 19.3 Å². The van der Waals surface area contributed by atoms with Crippen molar-refractivity contribution in [2.45, 2.75) is 25.6 Å². The molecular weight excluding hydrogens is 172 g/mol. The predicted molar refractivity (Wildman–Crippen MR) is 47.7 cm³/mol. The Hall–Kier alpha value is -0.160. The topological polar surface area (TPSA) is 51.2 Å². The highest BCUT2D eigenvalue weighted by Gasteiger charge is 2.22. The monoisotopic (exact) mass is 190 g/mol. The zero-order valence-electron chi connectivity index (χ0n) is 8.07. The average molecular weight is 190 g/mol. The van der Waals surface area contributed by atoms with E-state index in [4.69, 9.17) is 19.3 Å². The summed E-state index contributed by atoms with van der Waals surface area (Å²) in [5, 5.41) is 8.90. The van der Waals surface area contributed by atoms with Crippen LogP contribution in [0.15, 0.2) is 0 Å². The smallest absolute Gasteiger partial charge is 0.104 e. The fourth-order valence-corrected chi connectivity index (χ4v) is 0.933. The average Bonchev–Trinajstić information content (AvgIpc) is 2.94. The largest absolute Gasteiger partial charge is 0.394 e. The maximum atomic E-state index is 8.90. The molecule has 78 valence electrons. The molecule has 1 saturated heterocycles. The first kappa shape index (κ1) is 10.9. The fraction of sp³-hybridized carbons (Fsp3) is 1.00. The van der Waals surface area contributed by atoms with Gasteiger partial charge in [-0.15, -0.1) is 0 Å². The Bertz CT molecular complexity index is 125. The highest BCUT2D eigenvalue weighted by molar-refractivity contribution is 4.67. The van der Waals surface area contributed by atoms with Crippen LogP contribution in [0.1, 0.15) is 13.3 Å². The Morgan fingerprint density at radius 2 is 2.38 bits per heavy atom. The molecule has 4 nitrogen and oxygen atoms in total. The lowest BCUT2D eigenvalue weighted by atomic mass is 10.4. The van der Waals surface area contributed by atoms with Gasteiger partial charge < -0.3 is 19.3 Å². The molecule has 1 heterocycles. The van der Waals surface area contributed by atoms with Gasteiger partial charge in [-0.25, -0.2) is 0 Å². The van der Waals surface area contributed by atoms with Crippen molar-refractivity contribution in [1.82, 2.24) is 0 Å². The molecule has 2 atom stereocenters. The quantitative estimate of drug-likeness (QED) is 0.555. The lowest BCUT2D eigenvalue weighted by Gasteiger charge is -2.14. The summed E-state index contributed by atoms with van der Waals surface area (Å²) in [6.07, 6.45) is 1.06. The second kappa shape index (κ2) is 6.32. The fourth-order valence-electron chi connectivity index (χ4n) is 0.933. The van der Waals surface area contributed by atoms with Crippen LogP contribution >= 0.6 is 0 Å². The van der Waals surface area contributed by atoms with Crippen LogP contribution in [0.5, 0.6) is 0 Å². The van der Waals surface area contributed by atoms with Crippen molar-refractivity contribution in [2.75, 3.05) is 33.0 Å². The number of epoxide rings is 1. The van der Waals surface area contributed by atoms with Crippen molar-refractivity contribution >= 4 is 0 Å². The number of hydrogen-bond donors (Lipinski definition) is 1. The van der Waals surface area contributed by atoms with Gasteiger partial charge in [-0.2, -0.15) is 0 Å². The van der Waals surface area contributed by atoms with Crippen LogP contribution < -0.4 is 0 Å². The van der Waals surface area contributed by atoms with Gasteiger partial charge >= 0.3 is 0 Å². The molecule has 1 N–H and O–H groups in total. The molecule has 0 aliphatic carbocycles. The summed E-state index contributed by atoms with van der Waals surface area (Å²) in [4.78, 5) is 0. The van der Waals surface area contributed by atoms with Gasteiger partial charge in [0.2, 0.25) is 0 Å². The maximum absolute atomic E-state index is 8.90. The van der Waals surface area contributed by atoms with Crippen LogP contribution in [0.3, 0.4) is 0 Å². The Balaban J connectivity index is 1.93. The third-order valence-electron chi connectivity index (χ3n) is 1.77. The molecule has 0 radical (unpaired) electrons. The maximum Gasteiger partial charge on any atom is 0.104 e. The zero-order valence-corrected chi connectivity index (χ0v) is 8.07. The van der Waals surface area contributed by atoms with E-state index in [1.807, 2.05) is 6.92 Å². The predicted octanol–water partition coefficient (Wildman–Crippen LogP) is 0.189. The van der Waals surface area contributed by atoms with Gasteiger partial charge in [-0.05, 0) is 6.42 Å². The second-order valence-corrected chi connectivity index (χ2v) is 3.17. The normalized spacial score (nSPS) is 23.1. The summed E-state index contributed by atoms with van der Waals surface area (Å²) in [6, 6.07) is 0. The third kappa shape index (κ3) is 5.21. The van der Waals surface area contributed by atoms with E-state index in [1.54, 1.807) is 0 Å². The molecule has 0 aromatic heterocycles. The second-order valence-electron chi connectivity index (χ2n) is 3.17. The van der Waals surface area contributed by atoms with E-state index >= 15 is 0 Å². The summed E-state index contributed by atoms with van der Waals surface area (Å²) >= 11 is 0. The molecular formula is C9H18O4. The number of aliphatic hydroxyl groups excluding tert-OH is 1. The first-order valence-electron chi connectivity index (χ1n) is 4.78. The minimum Gasteiger partial charge on any atom is -0.394 e. The summed E-state index contributed by atoms with van der Waals surface area (Å²) in [5.74, 6) is 0. The van der Waals surface area contributed by atoms with E-state index in [0.29, 0.717) is 19.8 Å². The van der Waals surface area contributed by atoms with Crippen LogP contribution in [0.4, 0.5) is 0 Å². The van der Waals surface area contributed by atoms with Gasteiger partial charge in [0.15, 0.2) is 0 Å². The van der Waals surface area contributed by atoms with E-state index in [-0.39, 0.29) is 18.8 Å². The van der Waals surface area contributed by atoms with Crippen LogP contribution in [0.25, 0.3) is 0 Å². The molecule has 0 aromatic rings. The van der Waals surface area contributed by atoms with Gasteiger partial charge in [0.05, 0.1) is 26.4 Å². The van der Waals surface area contributed by atoms with E-state index in [1.165, 1.54) is 0 Å². The first-order chi connectivity index (χ1) is 6.36. The molecule has 0 amide bonds. The van der Waals surface area contributed by atoms with Crippen molar-refractivity contribution in [3.8, 4) is 0 Å². The molecule has 4 heteroatoms. The molecule has 0 spiro atoms. The highest BCUT2D eigenvalue weighted by Crippen LogP contribution is 2.08. The Labute approximate surface area is 78.8 Å².